The molecule has 0 heterocycles. The minimum Gasteiger partial charge on any atom is -0.324 e. The van der Waals surface area contributed by atoms with Crippen molar-refractivity contribution in [3.05, 3.63) is 65.5 Å². The Morgan fingerprint density at radius 3 is 2.42 bits per heavy atom. The van der Waals surface area contributed by atoms with Gasteiger partial charge in [0.05, 0.1) is 11.9 Å². The Morgan fingerprint density at radius 2 is 1.71 bits per heavy atom. The number of hydrogen-bond acceptors (Lipinski definition) is 3. The van der Waals surface area contributed by atoms with Crippen molar-refractivity contribution in [1.82, 2.24) is 5.43 Å². The number of hydrazone groups is 1. The molecule has 2 aromatic rings. The molecular weight excluding hydrogens is 309 g/mol. The maximum atomic E-state index is 13.4. The van der Waals surface area contributed by atoms with Gasteiger partial charge in [-0.05, 0) is 24.6 Å². The standard InChI is InChI=1S/C18H18FN3O2/c1-13-6-8-14(9-7-13)12-20-22-18(24)11-10-17(23)21-16-5-3-2-4-15(16)19/h2-9,12H,10-11H2,1H3,(H,21,23)(H,22,24). The molecule has 24 heavy (non-hydrogen) atoms. The molecule has 0 aliphatic carbocycles. The number of nitrogens with one attached hydrogen (secondary N) is 2. The molecule has 0 bridgehead atoms. The Labute approximate surface area is 139 Å². The highest BCUT2D eigenvalue weighted by atomic mass is 19.1. The summed E-state index contributed by atoms with van der Waals surface area (Å²) < 4.78 is 13.4. The highest BCUT2D eigenvalue weighted by molar-refractivity contribution is 5.93. The second kappa shape index (κ2) is 8.57. The molecule has 2 aromatic carbocycles. The highest BCUT2D eigenvalue weighted by Crippen LogP contribution is 2.12. The molecule has 0 radical (unpaired) electrons. The van der Waals surface area contributed by atoms with Gasteiger partial charge in [0.1, 0.15) is 5.82 Å². The van der Waals surface area contributed by atoms with Crippen LogP contribution in [0.1, 0.15) is 24.0 Å². The zero-order chi connectivity index (χ0) is 17.4. The maximum absolute atomic E-state index is 13.4. The summed E-state index contributed by atoms with van der Waals surface area (Å²) in [6.07, 6.45) is 1.43. The van der Waals surface area contributed by atoms with E-state index in [1.165, 1.54) is 24.4 Å². The van der Waals surface area contributed by atoms with E-state index in [0.717, 1.165) is 11.1 Å². The molecule has 6 heteroatoms. The van der Waals surface area contributed by atoms with Gasteiger partial charge in [-0.3, -0.25) is 9.59 Å². The molecular formula is C18H18FN3O2. The summed E-state index contributed by atoms with van der Waals surface area (Å²) in [6.45, 7) is 1.98. The molecule has 2 rings (SSSR count). The van der Waals surface area contributed by atoms with Gasteiger partial charge in [0, 0.05) is 12.8 Å². The zero-order valence-electron chi connectivity index (χ0n) is 13.3. The summed E-state index contributed by atoms with van der Waals surface area (Å²) >= 11 is 0. The van der Waals surface area contributed by atoms with Crippen LogP contribution in [-0.4, -0.2) is 18.0 Å². The van der Waals surface area contributed by atoms with Gasteiger partial charge < -0.3 is 5.32 Å². The van der Waals surface area contributed by atoms with Crippen molar-refractivity contribution in [3.63, 3.8) is 0 Å². The van der Waals surface area contributed by atoms with Crippen LogP contribution in [0, 0.1) is 12.7 Å². The van der Waals surface area contributed by atoms with E-state index in [0.29, 0.717) is 0 Å². The minimum atomic E-state index is -0.516. The van der Waals surface area contributed by atoms with Crippen LogP contribution in [0.5, 0.6) is 0 Å². The molecule has 0 aromatic heterocycles. The number of aryl methyl sites for hydroxylation is 1. The van der Waals surface area contributed by atoms with E-state index in [9.17, 15) is 14.0 Å². The summed E-state index contributed by atoms with van der Waals surface area (Å²) in [5, 5.41) is 6.25. The average molecular weight is 327 g/mol. The highest BCUT2D eigenvalue weighted by Gasteiger charge is 2.08. The molecule has 0 atom stereocenters. The van der Waals surface area contributed by atoms with Crippen molar-refractivity contribution in [2.45, 2.75) is 19.8 Å². The second-order valence-electron chi connectivity index (χ2n) is 5.23. The van der Waals surface area contributed by atoms with Crippen LogP contribution in [0.2, 0.25) is 0 Å². The predicted octanol–water partition coefficient (Wildman–Crippen LogP) is 3.00. The zero-order valence-corrected chi connectivity index (χ0v) is 13.3. The molecule has 0 aliphatic rings. The van der Waals surface area contributed by atoms with E-state index in [1.54, 1.807) is 6.07 Å². The fourth-order valence-electron chi connectivity index (χ4n) is 1.89. The number of carbonyl (C=O) groups excluding carboxylic acids is 2. The number of nitrogens with zero attached hydrogens (tertiary/aromatic N) is 1. The number of carbonyl (C=O) groups is 2. The average Bonchev–Trinajstić information content (AvgIpc) is 2.57. The molecule has 0 unspecified atom stereocenters. The number of hydrogen-bond donors (Lipinski definition) is 2. The first-order valence-corrected chi connectivity index (χ1v) is 7.47. The van der Waals surface area contributed by atoms with Crippen LogP contribution in [0.4, 0.5) is 10.1 Å². The third-order valence-electron chi connectivity index (χ3n) is 3.21. The summed E-state index contributed by atoms with van der Waals surface area (Å²) in [4.78, 5) is 23.3. The van der Waals surface area contributed by atoms with E-state index in [-0.39, 0.29) is 24.4 Å². The molecule has 0 spiro atoms. The van der Waals surface area contributed by atoms with Crippen LogP contribution in [0.15, 0.2) is 53.6 Å². The summed E-state index contributed by atoms with van der Waals surface area (Å²) in [6, 6.07) is 13.5. The summed E-state index contributed by atoms with van der Waals surface area (Å²) in [5.74, 6) is -1.34. The summed E-state index contributed by atoms with van der Waals surface area (Å²) in [7, 11) is 0. The molecule has 0 aliphatic heterocycles. The number of rotatable bonds is 6. The molecule has 2 amide bonds. The van der Waals surface area contributed by atoms with Gasteiger partial charge in [0.2, 0.25) is 11.8 Å². The quantitative estimate of drug-likeness (QED) is 0.632. The van der Waals surface area contributed by atoms with E-state index in [1.807, 2.05) is 31.2 Å². The first-order chi connectivity index (χ1) is 11.5. The van der Waals surface area contributed by atoms with E-state index in [4.69, 9.17) is 0 Å². The third kappa shape index (κ3) is 5.64. The van der Waals surface area contributed by atoms with Gasteiger partial charge in [0.25, 0.3) is 0 Å². The molecule has 5 nitrogen and oxygen atoms in total. The van der Waals surface area contributed by atoms with Gasteiger partial charge in [0.15, 0.2) is 0 Å². The fourth-order valence-corrected chi connectivity index (χ4v) is 1.89. The van der Waals surface area contributed by atoms with Crippen molar-refractivity contribution in [3.8, 4) is 0 Å². The Balaban J connectivity index is 1.73. The van der Waals surface area contributed by atoms with Gasteiger partial charge >= 0.3 is 0 Å². The Morgan fingerprint density at radius 1 is 1.04 bits per heavy atom. The van der Waals surface area contributed by atoms with Crippen LogP contribution in [-0.2, 0) is 9.59 Å². The number of amides is 2. The molecule has 2 N–H and O–H groups in total. The lowest BCUT2D eigenvalue weighted by molar-refractivity contribution is -0.124. The Kier molecular flexibility index (Phi) is 6.19. The van der Waals surface area contributed by atoms with Crippen LogP contribution in [0.3, 0.4) is 0 Å². The molecule has 0 saturated heterocycles. The monoisotopic (exact) mass is 327 g/mol. The van der Waals surface area contributed by atoms with E-state index in [2.05, 4.69) is 15.8 Å². The smallest absolute Gasteiger partial charge is 0.240 e. The number of para-hydroxylation sites is 1. The topological polar surface area (TPSA) is 70.6 Å². The molecule has 0 fully saturated rings. The second-order valence-corrected chi connectivity index (χ2v) is 5.23. The Bertz CT molecular complexity index is 742. The van der Waals surface area contributed by atoms with Gasteiger partial charge in [-0.1, -0.05) is 42.0 Å². The van der Waals surface area contributed by atoms with Crippen molar-refractivity contribution >= 4 is 23.7 Å². The molecule has 124 valence electrons. The predicted molar refractivity (Wildman–Crippen MR) is 91.2 cm³/mol. The van der Waals surface area contributed by atoms with Crippen LogP contribution < -0.4 is 10.7 Å². The van der Waals surface area contributed by atoms with Crippen molar-refractivity contribution < 1.29 is 14.0 Å². The third-order valence-corrected chi connectivity index (χ3v) is 3.21. The largest absolute Gasteiger partial charge is 0.324 e. The minimum absolute atomic E-state index is 0.0362. The number of halogens is 1. The normalized spacial score (nSPS) is 10.6. The molecule has 0 saturated carbocycles. The fraction of sp³-hybridized carbons (Fsp3) is 0.167. The lowest BCUT2D eigenvalue weighted by Crippen LogP contribution is -2.20. The maximum Gasteiger partial charge on any atom is 0.240 e. The SMILES string of the molecule is Cc1ccc(C=NNC(=O)CCC(=O)Nc2ccccc2F)cc1. The summed E-state index contributed by atoms with van der Waals surface area (Å²) in [5.41, 5.74) is 4.45. The van der Waals surface area contributed by atoms with Crippen molar-refractivity contribution in [2.24, 2.45) is 5.10 Å². The first-order valence-electron chi connectivity index (χ1n) is 7.47. The Hall–Kier alpha value is -3.02. The van der Waals surface area contributed by atoms with E-state index < -0.39 is 11.7 Å². The number of benzene rings is 2. The van der Waals surface area contributed by atoms with Gasteiger partial charge in [-0.2, -0.15) is 5.10 Å². The van der Waals surface area contributed by atoms with Crippen LogP contribution in [0.25, 0.3) is 0 Å². The van der Waals surface area contributed by atoms with Crippen molar-refractivity contribution in [1.29, 1.82) is 0 Å². The van der Waals surface area contributed by atoms with Crippen LogP contribution >= 0.6 is 0 Å². The van der Waals surface area contributed by atoms with Crippen molar-refractivity contribution in [2.75, 3.05) is 5.32 Å². The lowest BCUT2D eigenvalue weighted by Gasteiger charge is -2.05. The number of anilines is 1. The van der Waals surface area contributed by atoms with Gasteiger partial charge in [-0.15, -0.1) is 0 Å². The first kappa shape index (κ1) is 17.3. The lowest BCUT2D eigenvalue weighted by atomic mass is 10.2. The van der Waals surface area contributed by atoms with E-state index >= 15 is 0 Å². The van der Waals surface area contributed by atoms with Gasteiger partial charge in [-0.25, -0.2) is 9.82 Å².